The zero-order valence-electron chi connectivity index (χ0n) is 12.3. The maximum Gasteiger partial charge on any atom is 0.387 e. The quantitative estimate of drug-likeness (QED) is 0.813. The zero-order valence-corrected chi connectivity index (χ0v) is 12.3. The zero-order chi connectivity index (χ0) is 15.9. The predicted molar refractivity (Wildman–Crippen MR) is 77.8 cm³/mol. The second-order valence-corrected chi connectivity index (χ2v) is 5.62. The molecule has 0 radical (unpaired) electrons. The summed E-state index contributed by atoms with van der Waals surface area (Å²) in [6.45, 7) is -2.65. The molecule has 1 amide bonds. The Labute approximate surface area is 128 Å². The van der Waals surface area contributed by atoms with Crippen LogP contribution in [0.4, 0.5) is 8.78 Å². The number of alkyl halides is 2. The molecule has 0 heterocycles. The van der Waals surface area contributed by atoms with Crippen molar-refractivity contribution in [2.75, 3.05) is 6.54 Å². The van der Waals surface area contributed by atoms with Crippen molar-refractivity contribution in [2.45, 2.75) is 44.8 Å². The highest BCUT2D eigenvalue weighted by atomic mass is 19.3. The van der Waals surface area contributed by atoms with E-state index in [-0.39, 0.29) is 30.5 Å². The van der Waals surface area contributed by atoms with Crippen LogP contribution >= 0.6 is 0 Å². The minimum Gasteiger partial charge on any atom is -0.435 e. The molecule has 1 aromatic rings. The summed E-state index contributed by atoms with van der Waals surface area (Å²) in [6.07, 6.45) is 3.82. The first-order chi connectivity index (χ1) is 10.5. The molecular weight excluding hydrogens is 292 g/mol. The maximum atomic E-state index is 12.1. The molecule has 2 rings (SSSR count). The molecule has 0 saturated heterocycles. The van der Waals surface area contributed by atoms with Gasteiger partial charge in [0, 0.05) is 6.54 Å². The molecule has 1 unspecified atom stereocenters. The van der Waals surface area contributed by atoms with E-state index < -0.39 is 12.7 Å². The molecule has 6 heteroatoms. The Morgan fingerprint density at radius 1 is 1.36 bits per heavy atom. The number of halogens is 2. The lowest BCUT2D eigenvalue weighted by atomic mass is 10.0. The number of hydrogen-bond acceptors (Lipinski definition) is 3. The van der Waals surface area contributed by atoms with Crippen LogP contribution in [0.2, 0.25) is 0 Å². The summed E-state index contributed by atoms with van der Waals surface area (Å²) >= 11 is 0. The molecular formula is C16H21F2NO3. The predicted octanol–water partition coefficient (Wildman–Crippen LogP) is 2.50. The van der Waals surface area contributed by atoms with Crippen molar-refractivity contribution in [2.24, 2.45) is 5.92 Å². The van der Waals surface area contributed by atoms with Gasteiger partial charge in [0.1, 0.15) is 5.75 Å². The minimum atomic E-state index is -2.88. The molecule has 1 saturated carbocycles. The summed E-state index contributed by atoms with van der Waals surface area (Å²) in [5.74, 6) is 0.0561. The van der Waals surface area contributed by atoms with Crippen LogP contribution in [0.3, 0.4) is 0 Å². The molecule has 1 aliphatic carbocycles. The average Bonchev–Trinajstić information content (AvgIpc) is 2.98. The van der Waals surface area contributed by atoms with E-state index in [0.717, 1.165) is 25.7 Å². The Bertz CT molecular complexity index is 490. The Hall–Kier alpha value is -1.69. The lowest BCUT2D eigenvalue weighted by Crippen LogP contribution is -2.36. The van der Waals surface area contributed by atoms with E-state index in [0.29, 0.717) is 5.56 Å². The molecule has 1 atom stereocenters. The van der Waals surface area contributed by atoms with Crippen molar-refractivity contribution in [1.82, 2.24) is 5.32 Å². The standard InChI is InChI=1S/C16H21F2NO3/c17-16(18)22-13-7-3-4-11(8-13)9-15(21)19-10-14(20)12-5-1-2-6-12/h3-4,7-8,12,14,16,20H,1-2,5-6,9-10H2,(H,19,21). The molecule has 0 spiro atoms. The number of aliphatic hydroxyl groups is 1. The Morgan fingerprint density at radius 2 is 2.09 bits per heavy atom. The number of nitrogens with one attached hydrogen (secondary N) is 1. The van der Waals surface area contributed by atoms with Crippen LogP contribution in [-0.2, 0) is 11.2 Å². The highest BCUT2D eigenvalue weighted by molar-refractivity contribution is 5.78. The van der Waals surface area contributed by atoms with Crippen LogP contribution in [-0.4, -0.2) is 30.3 Å². The lowest BCUT2D eigenvalue weighted by molar-refractivity contribution is -0.121. The number of benzene rings is 1. The van der Waals surface area contributed by atoms with Crippen LogP contribution in [0.25, 0.3) is 0 Å². The van der Waals surface area contributed by atoms with E-state index in [9.17, 15) is 18.7 Å². The van der Waals surface area contributed by atoms with Crippen molar-refractivity contribution in [3.05, 3.63) is 29.8 Å². The first kappa shape index (κ1) is 16.7. The van der Waals surface area contributed by atoms with Gasteiger partial charge in [-0.25, -0.2) is 0 Å². The van der Waals surface area contributed by atoms with Crippen LogP contribution in [0.5, 0.6) is 5.75 Å². The van der Waals surface area contributed by atoms with Gasteiger partial charge in [-0.05, 0) is 36.5 Å². The fourth-order valence-corrected chi connectivity index (χ4v) is 2.81. The van der Waals surface area contributed by atoms with E-state index in [1.54, 1.807) is 12.1 Å². The molecule has 2 N–H and O–H groups in total. The van der Waals surface area contributed by atoms with Crippen molar-refractivity contribution in [1.29, 1.82) is 0 Å². The van der Waals surface area contributed by atoms with Gasteiger partial charge in [0.05, 0.1) is 12.5 Å². The summed E-state index contributed by atoms with van der Waals surface area (Å²) in [5, 5.41) is 12.7. The topological polar surface area (TPSA) is 58.6 Å². The highest BCUT2D eigenvalue weighted by Crippen LogP contribution is 2.27. The summed E-state index contributed by atoms with van der Waals surface area (Å²) in [4.78, 5) is 11.9. The van der Waals surface area contributed by atoms with Crippen molar-refractivity contribution < 1.29 is 23.4 Å². The van der Waals surface area contributed by atoms with Gasteiger partial charge in [-0.3, -0.25) is 4.79 Å². The van der Waals surface area contributed by atoms with Gasteiger partial charge in [0.2, 0.25) is 5.91 Å². The summed E-state index contributed by atoms with van der Waals surface area (Å²) in [6, 6.07) is 6.07. The Morgan fingerprint density at radius 3 is 2.77 bits per heavy atom. The van der Waals surface area contributed by atoms with Crippen LogP contribution < -0.4 is 10.1 Å². The SMILES string of the molecule is O=C(Cc1cccc(OC(F)F)c1)NCC(O)C1CCCC1. The molecule has 1 aromatic carbocycles. The fourth-order valence-electron chi connectivity index (χ4n) is 2.81. The Balaban J connectivity index is 1.78. The third kappa shape index (κ3) is 5.26. The summed E-state index contributed by atoms with van der Waals surface area (Å²) in [7, 11) is 0. The third-order valence-corrected chi connectivity index (χ3v) is 3.94. The average molecular weight is 313 g/mol. The number of aliphatic hydroxyl groups excluding tert-OH is 1. The number of carbonyl (C=O) groups is 1. The van der Waals surface area contributed by atoms with E-state index in [4.69, 9.17) is 0 Å². The van der Waals surface area contributed by atoms with Gasteiger partial charge in [0.15, 0.2) is 0 Å². The van der Waals surface area contributed by atoms with E-state index in [2.05, 4.69) is 10.1 Å². The molecule has 122 valence electrons. The van der Waals surface area contributed by atoms with Gasteiger partial charge in [-0.2, -0.15) is 8.78 Å². The molecule has 1 fully saturated rings. The van der Waals surface area contributed by atoms with Crippen LogP contribution in [0.1, 0.15) is 31.2 Å². The molecule has 0 aliphatic heterocycles. The highest BCUT2D eigenvalue weighted by Gasteiger charge is 2.23. The van der Waals surface area contributed by atoms with E-state index in [1.807, 2.05) is 0 Å². The summed E-state index contributed by atoms with van der Waals surface area (Å²) < 4.78 is 28.6. The first-order valence-electron chi connectivity index (χ1n) is 7.53. The monoisotopic (exact) mass is 313 g/mol. The number of rotatable bonds is 7. The second kappa shape index (κ2) is 8.08. The first-order valence-corrected chi connectivity index (χ1v) is 7.53. The molecule has 0 aromatic heterocycles. The van der Waals surface area contributed by atoms with E-state index >= 15 is 0 Å². The van der Waals surface area contributed by atoms with Gasteiger partial charge in [-0.15, -0.1) is 0 Å². The Kier molecular flexibility index (Phi) is 6.12. The van der Waals surface area contributed by atoms with Crippen molar-refractivity contribution >= 4 is 5.91 Å². The normalized spacial score (nSPS) is 16.7. The molecule has 22 heavy (non-hydrogen) atoms. The maximum absolute atomic E-state index is 12.1. The van der Waals surface area contributed by atoms with Gasteiger partial charge < -0.3 is 15.2 Å². The smallest absolute Gasteiger partial charge is 0.387 e. The minimum absolute atomic E-state index is 0.0336. The lowest BCUT2D eigenvalue weighted by Gasteiger charge is -2.18. The van der Waals surface area contributed by atoms with E-state index in [1.165, 1.54) is 12.1 Å². The van der Waals surface area contributed by atoms with Crippen molar-refractivity contribution in [3.63, 3.8) is 0 Å². The van der Waals surface area contributed by atoms with Gasteiger partial charge in [0.25, 0.3) is 0 Å². The molecule has 4 nitrogen and oxygen atoms in total. The largest absolute Gasteiger partial charge is 0.435 e. The van der Waals surface area contributed by atoms with Crippen LogP contribution in [0.15, 0.2) is 24.3 Å². The van der Waals surface area contributed by atoms with Crippen molar-refractivity contribution in [3.8, 4) is 5.75 Å². The number of carbonyl (C=O) groups excluding carboxylic acids is 1. The third-order valence-electron chi connectivity index (χ3n) is 3.94. The molecule has 1 aliphatic rings. The summed E-state index contributed by atoms with van der Waals surface area (Å²) in [5.41, 5.74) is 0.589. The number of amides is 1. The second-order valence-electron chi connectivity index (χ2n) is 5.62. The van der Waals surface area contributed by atoms with Crippen LogP contribution in [0, 0.1) is 5.92 Å². The number of hydrogen-bond donors (Lipinski definition) is 2. The molecule has 0 bridgehead atoms. The number of ether oxygens (including phenoxy) is 1. The van der Waals surface area contributed by atoms with Gasteiger partial charge in [-0.1, -0.05) is 25.0 Å². The van der Waals surface area contributed by atoms with Gasteiger partial charge >= 0.3 is 6.61 Å². The fraction of sp³-hybridized carbons (Fsp3) is 0.562.